The van der Waals surface area contributed by atoms with Crippen LogP contribution in [0.5, 0.6) is 0 Å². The number of nitrogens with zero attached hydrogens (tertiary/aromatic N) is 4. The Hall–Kier alpha value is -3.93. The van der Waals surface area contributed by atoms with Gasteiger partial charge in [-0.15, -0.1) is 0 Å². The average molecular weight is 381 g/mol. The van der Waals surface area contributed by atoms with Gasteiger partial charge in [-0.05, 0) is 36.4 Å². The summed E-state index contributed by atoms with van der Waals surface area (Å²) in [6.07, 6.45) is 5.17. The van der Waals surface area contributed by atoms with Gasteiger partial charge in [0.05, 0.1) is 16.9 Å². The van der Waals surface area contributed by atoms with Crippen LogP contribution in [-0.4, -0.2) is 27.7 Å². The van der Waals surface area contributed by atoms with E-state index in [-0.39, 0.29) is 12.1 Å². The maximum Gasteiger partial charge on any atom is 0.255 e. The molecule has 5 rings (SSSR count). The molecule has 142 valence electrons. The van der Waals surface area contributed by atoms with E-state index in [1.54, 1.807) is 12.4 Å². The first-order valence-corrected chi connectivity index (χ1v) is 9.40. The monoisotopic (exact) mass is 381 g/mol. The summed E-state index contributed by atoms with van der Waals surface area (Å²) in [7, 11) is 1.98. The Kier molecular flexibility index (Phi) is 4.09. The van der Waals surface area contributed by atoms with Crippen LogP contribution >= 0.6 is 0 Å². The molecule has 6 nitrogen and oxygen atoms in total. The maximum atomic E-state index is 12.8. The van der Waals surface area contributed by atoms with E-state index in [0.29, 0.717) is 5.56 Å². The number of benzene rings is 2. The molecular weight excluding hydrogens is 362 g/mol. The Morgan fingerprint density at radius 3 is 2.55 bits per heavy atom. The Morgan fingerprint density at radius 1 is 0.966 bits per heavy atom. The number of para-hydroxylation sites is 2. The number of hydrogen-bond donors (Lipinski definition) is 1. The number of aromatic nitrogens is 3. The molecule has 29 heavy (non-hydrogen) atoms. The molecule has 2 aromatic heterocycles. The van der Waals surface area contributed by atoms with Gasteiger partial charge in [0.15, 0.2) is 0 Å². The third-order valence-electron chi connectivity index (χ3n) is 5.18. The Balaban J connectivity index is 1.66. The van der Waals surface area contributed by atoms with E-state index in [4.69, 9.17) is 5.10 Å². The third-order valence-corrected chi connectivity index (χ3v) is 5.18. The molecule has 1 atom stereocenters. The third kappa shape index (κ3) is 2.95. The zero-order valence-corrected chi connectivity index (χ0v) is 15.9. The zero-order chi connectivity index (χ0) is 19.8. The second-order valence-corrected chi connectivity index (χ2v) is 6.96. The van der Waals surface area contributed by atoms with E-state index >= 15 is 0 Å². The first kappa shape index (κ1) is 17.2. The molecule has 0 radical (unpaired) electrons. The quantitative estimate of drug-likeness (QED) is 0.586. The highest BCUT2D eigenvalue weighted by Crippen LogP contribution is 2.35. The van der Waals surface area contributed by atoms with Gasteiger partial charge in [0, 0.05) is 36.8 Å². The fourth-order valence-corrected chi connectivity index (χ4v) is 3.72. The summed E-state index contributed by atoms with van der Waals surface area (Å²) in [5.41, 5.74) is 5.12. The highest BCUT2D eigenvalue weighted by molar-refractivity contribution is 6.02. The van der Waals surface area contributed by atoms with Crippen molar-refractivity contribution in [1.82, 2.24) is 20.1 Å². The van der Waals surface area contributed by atoms with Crippen LogP contribution in [0, 0.1) is 0 Å². The smallest absolute Gasteiger partial charge is 0.255 e. The van der Waals surface area contributed by atoms with Crippen LogP contribution in [0.1, 0.15) is 22.1 Å². The van der Waals surface area contributed by atoms with E-state index in [9.17, 15) is 4.79 Å². The second-order valence-electron chi connectivity index (χ2n) is 6.96. The van der Waals surface area contributed by atoms with Gasteiger partial charge in [0.2, 0.25) is 0 Å². The molecule has 0 bridgehead atoms. The molecule has 0 saturated heterocycles. The van der Waals surface area contributed by atoms with Crippen molar-refractivity contribution in [2.75, 3.05) is 11.9 Å². The van der Waals surface area contributed by atoms with Crippen LogP contribution in [0.2, 0.25) is 0 Å². The number of rotatable bonds is 3. The summed E-state index contributed by atoms with van der Waals surface area (Å²) >= 11 is 0. The van der Waals surface area contributed by atoms with E-state index in [2.05, 4.69) is 15.2 Å². The Morgan fingerprint density at radius 2 is 1.76 bits per heavy atom. The fourth-order valence-electron chi connectivity index (χ4n) is 3.72. The number of pyridine rings is 1. The topological polar surface area (TPSA) is 63.1 Å². The number of hydrogen-bond acceptors (Lipinski definition) is 4. The van der Waals surface area contributed by atoms with E-state index in [1.165, 1.54) is 0 Å². The van der Waals surface area contributed by atoms with Gasteiger partial charge in [-0.3, -0.25) is 9.78 Å². The van der Waals surface area contributed by atoms with Crippen LogP contribution < -0.4 is 10.2 Å². The van der Waals surface area contributed by atoms with Gasteiger partial charge in [-0.25, -0.2) is 4.68 Å². The van der Waals surface area contributed by atoms with E-state index < -0.39 is 0 Å². The summed E-state index contributed by atoms with van der Waals surface area (Å²) in [4.78, 5) is 19.1. The molecule has 1 amide bonds. The lowest BCUT2D eigenvalue weighted by Gasteiger charge is -2.36. The molecule has 2 aromatic carbocycles. The van der Waals surface area contributed by atoms with E-state index in [0.717, 1.165) is 28.2 Å². The summed E-state index contributed by atoms with van der Waals surface area (Å²) in [6, 6.07) is 21.4. The van der Waals surface area contributed by atoms with Crippen molar-refractivity contribution in [3.8, 4) is 16.9 Å². The molecule has 1 aliphatic heterocycles. The minimum atomic E-state index is -0.343. The number of carbonyl (C=O) groups is 1. The number of fused-ring (bicyclic) bond motifs is 1. The van der Waals surface area contributed by atoms with Gasteiger partial charge in [0.25, 0.3) is 5.91 Å². The second kappa shape index (κ2) is 6.91. The number of amides is 1. The summed E-state index contributed by atoms with van der Waals surface area (Å²) < 4.78 is 1.85. The lowest BCUT2D eigenvalue weighted by atomic mass is 10.0. The lowest BCUT2D eigenvalue weighted by Crippen LogP contribution is -2.44. The Labute approximate surface area is 168 Å². The standard InChI is InChI=1S/C23H19N5O/c1-27-20-12-6-5-11-18(20)23(29)25-22(27)19-15-28(17-9-3-2-4-10-17)26-21(19)16-8-7-13-24-14-16/h2-15,22H,1H3,(H,25,29). The molecule has 1 aliphatic rings. The highest BCUT2D eigenvalue weighted by Gasteiger charge is 2.32. The van der Waals surface area contributed by atoms with Gasteiger partial charge in [-0.1, -0.05) is 30.3 Å². The largest absolute Gasteiger partial charge is 0.350 e. The number of carbonyl (C=O) groups excluding carboxylic acids is 1. The molecule has 0 saturated carbocycles. The van der Waals surface area contributed by atoms with Gasteiger partial charge in [0.1, 0.15) is 11.9 Å². The SMILES string of the molecule is CN1c2ccccc2C(=O)NC1c1cn(-c2ccccc2)nc1-c1cccnc1. The molecule has 4 aromatic rings. The van der Waals surface area contributed by atoms with Gasteiger partial charge < -0.3 is 10.2 Å². The summed E-state index contributed by atoms with van der Waals surface area (Å²) in [5.74, 6) is -0.0895. The first-order valence-electron chi connectivity index (χ1n) is 9.40. The Bertz CT molecular complexity index is 1170. The molecule has 0 aliphatic carbocycles. The van der Waals surface area contributed by atoms with Gasteiger partial charge >= 0.3 is 0 Å². The molecule has 1 N–H and O–H groups in total. The van der Waals surface area contributed by atoms with E-state index in [1.807, 2.05) is 84.7 Å². The first-order chi connectivity index (χ1) is 14.2. The number of anilines is 1. The van der Waals surface area contributed by atoms with Crippen molar-refractivity contribution >= 4 is 11.6 Å². The van der Waals surface area contributed by atoms with Crippen molar-refractivity contribution < 1.29 is 4.79 Å². The summed E-state index contributed by atoms with van der Waals surface area (Å²) in [5, 5.41) is 7.97. The van der Waals surface area contributed by atoms with Crippen molar-refractivity contribution in [2.24, 2.45) is 0 Å². The van der Waals surface area contributed by atoms with Crippen molar-refractivity contribution in [2.45, 2.75) is 6.17 Å². The maximum absolute atomic E-state index is 12.8. The van der Waals surface area contributed by atoms with Crippen LogP contribution in [0.4, 0.5) is 5.69 Å². The summed E-state index contributed by atoms with van der Waals surface area (Å²) in [6.45, 7) is 0. The minimum Gasteiger partial charge on any atom is -0.350 e. The van der Waals surface area contributed by atoms with Crippen molar-refractivity contribution in [3.05, 3.63) is 96.4 Å². The zero-order valence-electron chi connectivity index (χ0n) is 15.9. The number of nitrogens with one attached hydrogen (secondary N) is 1. The van der Waals surface area contributed by atoms with Crippen LogP contribution in [0.3, 0.4) is 0 Å². The van der Waals surface area contributed by atoms with Crippen LogP contribution in [0.25, 0.3) is 16.9 Å². The molecule has 0 fully saturated rings. The fraction of sp³-hybridized carbons (Fsp3) is 0.0870. The normalized spacial score (nSPS) is 15.7. The van der Waals surface area contributed by atoms with Crippen LogP contribution in [-0.2, 0) is 0 Å². The van der Waals surface area contributed by atoms with Gasteiger partial charge in [-0.2, -0.15) is 5.10 Å². The minimum absolute atomic E-state index is 0.0895. The lowest BCUT2D eigenvalue weighted by molar-refractivity contribution is 0.0928. The van der Waals surface area contributed by atoms with Crippen molar-refractivity contribution in [3.63, 3.8) is 0 Å². The average Bonchev–Trinajstić information content (AvgIpc) is 3.23. The molecule has 1 unspecified atom stereocenters. The predicted molar refractivity (Wildman–Crippen MR) is 112 cm³/mol. The predicted octanol–water partition coefficient (Wildman–Crippen LogP) is 3.81. The van der Waals surface area contributed by atoms with Crippen LogP contribution in [0.15, 0.2) is 85.3 Å². The molecule has 6 heteroatoms. The molecular formula is C23H19N5O. The van der Waals surface area contributed by atoms with Crippen molar-refractivity contribution in [1.29, 1.82) is 0 Å². The highest BCUT2D eigenvalue weighted by atomic mass is 16.2. The molecule has 3 heterocycles. The molecule has 0 spiro atoms.